The van der Waals surface area contributed by atoms with Crippen LogP contribution in [0.25, 0.3) is 0 Å². The Balaban J connectivity index is 2.10. The first-order valence-corrected chi connectivity index (χ1v) is 15.5. The Bertz CT molecular complexity index is 391. The van der Waals surface area contributed by atoms with Gasteiger partial charge in [0, 0.05) is 6.04 Å². The van der Waals surface area contributed by atoms with Crippen LogP contribution in [0, 0.1) is 0 Å². The highest BCUT2D eigenvalue weighted by molar-refractivity contribution is 6.80. The minimum absolute atomic E-state index is 0.866. The summed E-state index contributed by atoms with van der Waals surface area (Å²) >= 11 is 0. The summed E-state index contributed by atoms with van der Waals surface area (Å²) in [6.45, 7) is 8.34. The first kappa shape index (κ1) is 15.3. The van der Waals surface area contributed by atoms with E-state index in [0.717, 1.165) is 6.04 Å². The molecule has 0 amide bonds. The molecule has 1 fully saturated rings. The average molecular weight is 331 g/mol. The molecular weight excluding hydrogens is 308 g/mol. The van der Waals surface area contributed by atoms with E-state index in [4.69, 9.17) is 16.5 Å². The first-order valence-electron chi connectivity index (χ1n) is 6.67. The lowest BCUT2D eigenvalue weighted by atomic mass is 10.2. The van der Waals surface area contributed by atoms with Crippen LogP contribution in [-0.4, -0.2) is 36.4 Å². The summed E-state index contributed by atoms with van der Waals surface area (Å²) < 4.78 is 24.3. The second-order valence-corrected chi connectivity index (χ2v) is 15.1. The maximum Gasteiger partial charge on any atom is 0.321 e. The molecule has 2 rings (SSSR count). The van der Waals surface area contributed by atoms with Gasteiger partial charge in [0.25, 0.3) is 27.9 Å². The van der Waals surface area contributed by atoms with E-state index in [1.54, 1.807) is 0 Å². The summed E-state index contributed by atoms with van der Waals surface area (Å²) in [5, 5.41) is 0. The molecule has 0 saturated carbocycles. The zero-order valence-corrected chi connectivity index (χ0v) is 16.4. The zero-order valence-electron chi connectivity index (χ0n) is 12.0. The molecule has 19 heavy (non-hydrogen) atoms. The van der Waals surface area contributed by atoms with E-state index in [-0.39, 0.29) is 0 Å². The van der Waals surface area contributed by atoms with Gasteiger partial charge in [-0.25, -0.2) is 0 Å². The Morgan fingerprint density at radius 3 is 1.95 bits per heavy atom. The lowest BCUT2D eigenvalue weighted by molar-refractivity contribution is 0.274. The molecule has 0 aliphatic carbocycles. The smallest absolute Gasteiger partial charge is 0.321 e. The van der Waals surface area contributed by atoms with Crippen LogP contribution in [0.3, 0.4) is 0 Å². The number of hydrogen-bond acceptors (Lipinski definition) is 4. The van der Waals surface area contributed by atoms with Crippen LogP contribution >= 0.6 is 0 Å². The van der Waals surface area contributed by atoms with Crippen molar-refractivity contribution in [3.05, 3.63) is 35.9 Å². The molecule has 1 aromatic rings. The van der Waals surface area contributed by atoms with E-state index in [9.17, 15) is 0 Å². The Morgan fingerprint density at radius 1 is 0.895 bits per heavy atom. The highest BCUT2D eigenvalue weighted by atomic mass is 28.5. The molecule has 1 saturated heterocycles. The Morgan fingerprint density at radius 2 is 1.42 bits per heavy atom. The second-order valence-electron chi connectivity index (χ2n) is 5.01. The third kappa shape index (κ3) is 4.75. The van der Waals surface area contributed by atoms with E-state index in [1.165, 1.54) is 5.56 Å². The van der Waals surface area contributed by atoms with Crippen LogP contribution in [0.1, 0.15) is 5.56 Å². The molecule has 1 aliphatic heterocycles. The molecule has 1 aliphatic rings. The van der Waals surface area contributed by atoms with Crippen LogP contribution in [0.15, 0.2) is 30.3 Å². The fourth-order valence-corrected chi connectivity index (χ4v) is 17.0. The SMILES string of the molecule is C[SiH]1O[SiH](C)O[Si](C)(Cc2ccccc2)O[SiH](C)O1. The predicted molar refractivity (Wildman–Crippen MR) is 85.1 cm³/mol. The summed E-state index contributed by atoms with van der Waals surface area (Å²) in [5.74, 6) is 0. The first-order chi connectivity index (χ1) is 8.97. The quantitative estimate of drug-likeness (QED) is 0.770. The molecule has 0 radical (unpaired) electrons. The second kappa shape index (κ2) is 6.59. The van der Waals surface area contributed by atoms with Gasteiger partial charge < -0.3 is 16.5 Å². The van der Waals surface area contributed by atoms with Gasteiger partial charge in [0.2, 0.25) is 0 Å². The van der Waals surface area contributed by atoms with E-state index < -0.39 is 36.4 Å². The monoisotopic (exact) mass is 330 g/mol. The van der Waals surface area contributed by atoms with Crippen LogP contribution in [0.5, 0.6) is 0 Å². The van der Waals surface area contributed by atoms with Crippen LogP contribution in [0.2, 0.25) is 26.2 Å². The van der Waals surface area contributed by atoms with Crippen molar-refractivity contribution in [2.75, 3.05) is 0 Å². The van der Waals surface area contributed by atoms with Gasteiger partial charge >= 0.3 is 8.56 Å². The van der Waals surface area contributed by atoms with Gasteiger partial charge in [0.15, 0.2) is 0 Å². The molecule has 8 heteroatoms. The number of benzene rings is 1. The molecule has 1 aromatic carbocycles. The fraction of sp³-hybridized carbons (Fsp3) is 0.455. The normalized spacial score (nSPS) is 36.5. The summed E-state index contributed by atoms with van der Waals surface area (Å²) in [7, 11) is -7.00. The molecule has 106 valence electrons. The van der Waals surface area contributed by atoms with Crippen molar-refractivity contribution in [1.82, 2.24) is 0 Å². The maximum atomic E-state index is 6.25. The molecular formula is C11H22O4Si4. The highest BCUT2D eigenvalue weighted by Crippen LogP contribution is 2.20. The van der Waals surface area contributed by atoms with E-state index in [0.29, 0.717) is 0 Å². The molecule has 0 N–H and O–H groups in total. The minimum atomic E-state index is -2.22. The average Bonchev–Trinajstić information content (AvgIpc) is 2.26. The zero-order chi connectivity index (χ0) is 13.9. The molecule has 0 bridgehead atoms. The van der Waals surface area contributed by atoms with Crippen molar-refractivity contribution < 1.29 is 16.5 Å². The van der Waals surface area contributed by atoms with Crippen LogP contribution in [0.4, 0.5) is 0 Å². The Hall–Kier alpha value is -0.0725. The van der Waals surface area contributed by atoms with Gasteiger partial charge in [-0.3, -0.25) is 0 Å². The summed E-state index contributed by atoms with van der Waals surface area (Å²) in [4.78, 5) is 0. The van der Waals surface area contributed by atoms with E-state index in [2.05, 4.69) is 50.5 Å². The van der Waals surface area contributed by atoms with Crippen molar-refractivity contribution >= 4 is 36.4 Å². The topological polar surface area (TPSA) is 36.9 Å². The summed E-state index contributed by atoms with van der Waals surface area (Å²) in [5.41, 5.74) is 1.27. The molecule has 2 atom stereocenters. The van der Waals surface area contributed by atoms with Gasteiger partial charge in [-0.2, -0.15) is 0 Å². The Labute approximate surface area is 121 Å². The van der Waals surface area contributed by atoms with Crippen molar-refractivity contribution in [1.29, 1.82) is 0 Å². The molecule has 0 spiro atoms. The lowest BCUT2D eigenvalue weighted by Gasteiger charge is -2.37. The van der Waals surface area contributed by atoms with Gasteiger partial charge in [-0.15, -0.1) is 0 Å². The van der Waals surface area contributed by atoms with Gasteiger partial charge in [0.1, 0.15) is 0 Å². The largest absolute Gasteiger partial charge is 0.420 e. The minimum Gasteiger partial charge on any atom is -0.420 e. The molecule has 2 unspecified atom stereocenters. The summed E-state index contributed by atoms with van der Waals surface area (Å²) in [6, 6.07) is 11.3. The van der Waals surface area contributed by atoms with Crippen LogP contribution < -0.4 is 0 Å². The van der Waals surface area contributed by atoms with E-state index >= 15 is 0 Å². The molecule has 1 heterocycles. The van der Waals surface area contributed by atoms with Gasteiger partial charge in [0.05, 0.1) is 0 Å². The van der Waals surface area contributed by atoms with Crippen molar-refractivity contribution in [2.45, 2.75) is 32.2 Å². The fourth-order valence-electron chi connectivity index (χ4n) is 2.41. The third-order valence-corrected chi connectivity index (χ3v) is 16.8. The van der Waals surface area contributed by atoms with E-state index in [1.807, 2.05) is 6.07 Å². The highest BCUT2D eigenvalue weighted by Gasteiger charge is 2.39. The van der Waals surface area contributed by atoms with Crippen molar-refractivity contribution in [3.63, 3.8) is 0 Å². The lowest BCUT2D eigenvalue weighted by Crippen LogP contribution is -2.54. The number of hydrogen-bond donors (Lipinski definition) is 0. The van der Waals surface area contributed by atoms with Crippen molar-refractivity contribution in [3.8, 4) is 0 Å². The molecule has 0 aromatic heterocycles. The standard InChI is InChI=1S/C11H22O4Si4/c1-16-12-17(2)14-19(4,15-18(3)13-16)10-11-8-6-5-7-9-11/h5-9,16-18H,10H2,1-4H3. The summed E-state index contributed by atoms with van der Waals surface area (Å²) in [6.07, 6.45) is 0. The maximum absolute atomic E-state index is 6.25. The van der Waals surface area contributed by atoms with Crippen molar-refractivity contribution in [2.24, 2.45) is 0 Å². The van der Waals surface area contributed by atoms with Gasteiger partial charge in [-0.05, 0) is 31.8 Å². The number of rotatable bonds is 2. The Kier molecular flexibility index (Phi) is 5.31. The van der Waals surface area contributed by atoms with Crippen LogP contribution in [-0.2, 0) is 22.5 Å². The third-order valence-electron chi connectivity index (χ3n) is 2.97. The predicted octanol–water partition coefficient (Wildman–Crippen LogP) is 1.47. The molecule has 4 nitrogen and oxygen atoms in total. The van der Waals surface area contributed by atoms with Gasteiger partial charge in [-0.1, -0.05) is 30.3 Å².